The van der Waals surface area contributed by atoms with E-state index in [0.717, 1.165) is 24.2 Å². The molecule has 3 rings (SSSR count). The Bertz CT molecular complexity index is 782. The zero-order valence-corrected chi connectivity index (χ0v) is 13.9. The second-order valence-corrected chi connectivity index (χ2v) is 8.31. The van der Waals surface area contributed by atoms with E-state index in [9.17, 15) is 8.42 Å². The van der Waals surface area contributed by atoms with Crippen molar-refractivity contribution >= 4 is 21.4 Å². The molecule has 1 aliphatic carbocycles. The molecule has 1 heterocycles. The first kappa shape index (κ1) is 15.5. The molecule has 1 saturated carbocycles. The van der Waals surface area contributed by atoms with Gasteiger partial charge in [-0.25, -0.2) is 13.4 Å². The van der Waals surface area contributed by atoms with Crippen LogP contribution >= 0.6 is 11.6 Å². The molecular weight excluding hydrogens is 322 g/mol. The van der Waals surface area contributed by atoms with Gasteiger partial charge in [0, 0.05) is 18.0 Å². The summed E-state index contributed by atoms with van der Waals surface area (Å²) >= 11 is 6.06. The number of nitrogens with zero attached hydrogens (tertiary/aromatic N) is 3. The third-order valence-electron chi connectivity index (χ3n) is 3.80. The molecule has 5 nitrogen and oxygen atoms in total. The van der Waals surface area contributed by atoms with Crippen molar-refractivity contribution < 1.29 is 8.42 Å². The van der Waals surface area contributed by atoms with E-state index in [1.807, 2.05) is 18.2 Å². The van der Waals surface area contributed by atoms with Crippen molar-refractivity contribution in [2.24, 2.45) is 7.05 Å². The number of hydrogen-bond acceptors (Lipinski definition) is 4. The lowest BCUT2D eigenvalue weighted by molar-refractivity contribution is 0.590. The summed E-state index contributed by atoms with van der Waals surface area (Å²) in [7, 11) is -1.50. The van der Waals surface area contributed by atoms with Crippen molar-refractivity contribution in [2.45, 2.75) is 30.9 Å². The quantitative estimate of drug-likeness (QED) is 0.811. The number of rotatable bonds is 6. The summed E-state index contributed by atoms with van der Waals surface area (Å²) < 4.78 is 26.2. The van der Waals surface area contributed by atoms with Gasteiger partial charge in [0.25, 0.3) is 0 Å². The SMILES string of the molecule is Cn1nc(C2CC2)nc1CS(=O)(=O)CCc1ccccc1Cl. The van der Waals surface area contributed by atoms with Crippen LogP contribution in [0.4, 0.5) is 0 Å². The predicted octanol–water partition coefficient (Wildman–Crippen LogP) is 2.50. The van der Waals surface area contributed by atoms with Gasteiger partial charge < -0.3 is 0 Å². The molecule has 0 saturated heterocycles. The highest BCUT2D eigenvalue weighted by molar-refractivity contribution is 7.90. The molecular formula is C15H18ClN3O2S. The Labute approximate surface area is 135 Å². The molecule has 0 amide bonds. The van der Waals surface area contributed by atoms with Crippen LogP contribution in [0, 0.1) is 0 Å². The van der Waals surface area contributed by atoms with E-state index in [1.165, 1.54) is 0 Å². The molecule has 2 aromatic rings. The molecule has 1 aliphatic rings. The average Bonchev–Trinajstić information content (AvgIpc) is 3.24. The molecule has 0 radical (unpaired) electrons. The maximum Gasteiger partial charge on any atom is 0.157 e. The van der Waals surface area contributed by atoms with E-state index >= 15 is 0 Å². The lowest BCUT2D eigenvalue weighted by Crippen LogP contribution is -2.14. The van der Waals surface area contributed by atoms with Crippen LogP contribution in [0.2, 0.25) is 5.02 Å². The van der Waals surface area contributed by atoms with Gasteiger partial charge in [-0.3, -0.25) is 4.68 Å². The molecule has 0 atom stereocenters. The van der Waals surface area contributed by atoms with Crippen LogP contribution < -0.4 is 0 Å². The van der Waals surface area contributed by atoms with E-state index in [2.05, 4.69) is 10.1 Å². The molecule has 22 heavy (non-hydrogen) atoms. The summed E-state index contributed by atoms with van der Waals surface area (Å²) in [5.41, 5.74) is 0.851. The lowest BCUT2D eigenvalue weighted by atomic mass is 10.2. The zero-order valence-electron chi connectivity index (χ0n) is 12.4. The summed E-state index contributed by atoms with van der Waals surface area (Å²) in [6.45, 7) is 0. The van der Waals surface area contributed by atoms with E-state index in [4.69, 9.17) is 11.6 Å². The predicted molar refractivity (Wildman–Crippen MR) is 85.6 cm³/mol. The minimum absolute atomic E-state index is 0.0579. The van der Waals surface area contributed by atoms with E-state index < -0.39 is 9.84 Å². The fourth-order valence-electron chi connectivity index (χ4n) is 2.31. The van der Waals surface area contributed by atoms with Gasteiger partial charge in [-0.15, -0.1) is 0 Å². The van der Waals surface area contributed by atoms with Crippen LogP contribution in [0.15, 0.2) is 24.3 Å². The Morgan fingerprint density at radius 2 is 2.05 bits per heavy atom. The number of aromatic nitrogens is 3. The molecule has 118 valence electrons. The molecule has 7 heteroatoms. The van der Waals surface area contributed by atoms with Gasteiger partial charge in [-0.2, -0.15) is 5.10 Å². The van der Waals surface area contributed by atoms with E-state index in [1.54, 1.807) is 17.8 Å². The minimum atomic E-state index is -3.25. The number of benzene rings is 1. The van der Waals surface area contributed by atoms with Gasteiger partial charge in [-0.05, 0) is 30.9 Å². The van der Waals surface area contributed by atoms with E-state index in [0.29, 0.717) is 23.2 Å². The van der Waals surface area contributed by atoms with Crippen LogP contribution in [0.3, 0.4) is 0 Å². The summed E-state index contributed by atoms with van der Waals surface area (Å²) in [5, 5.41) is 4.91. The van der Waals surface area contributed by atoms with Crippen LogP contribution in [0.25, 0.3) is 0 Å². The highest BCUT2D eigenvalue weighted by Crippen LogP contribution is 2.38. The van der Waals surface area contributed by atoms with Gasteiger partial charge in [-0.1, -0.05) is 29.8 Å². The third kappa shape index (κ3) is 3.67. The Kier molecular flexibility index (Phi) is 4.23. The number of halogens is 1. The summed E-state index contributed by atoms with van der Waals surface area (Å²) in [5.74, 6) is 1.70. The number of hydrogen-bond donors (Lipinski definition) is 0. The average molecular weight is 340 g/mol. The van der Waals surface area contributed by atoms with Crippen molar-refractivity contribution in [1.82, 2.24) is 14.8 Å². The monoisotopic (exact) mass is 339 g/mol. The topological polar surface area (TPSA) is 64.8 Å². The van der Waals surface area contributed by atoms with Crippen molar-refractivity contribution in [3.8, 4) is 0 Å². The molecule has 1 fully saturated rings. The van der Waals surface area contributed by atoms with Crippen molar-refractivity contribution in [2.75, 3.05) is 5.75 Å². The Balaban J connectivity index is 1.67. The largest absolute Gasteiger partial charge is 0.252 e. The third-order valence-corrected chi connectivity index (χ3v) is 5.69. The Morgan fingerprint density at radius 3 is 2.73 bits per heavy atom. The first-order valence-electron chi connectivity index (χ1n) is 7.28. The van der Waals surface area contributed by atoms with Crippen molar-refractivity contribution in [3.05, 3.63) is 46.5 Å². The van der Waals surface area contributed by atoms with E-state index in [-0.39, 0.29) is 11.5 Å². The molecule has 0 unspecified atom stereocenters. The summed E-state index contributed by atoms with van der Waals surface area (Å²) in [4.78, 5) is 4.38. The highest BCUT2D eigenvalue weighted by atomic mass is 35.5. The molecule has 0 N–H and O–H groups in total. The number of aryl methyl sites for hydroxylation is 2. The minimum Gasteiger partial charge on any atom is -0.252 e. The van der Waals surface area contributed by atoms with Crippen LogP contribution in [0.5, 0.6) is 0 Å². The molecule has 1 aromatic heterocycles. The fraction of sp³-hybridized carbons (Fsp3) is 0.467. The molecule has 0 spiro atoms. The van der Waals surface area contributed by atoms with Gasteiger partial charge in [0.1, 0.15) is 11.6 Å². The van der Waals surface area contributed by atoms with Gasteiger partial charge in [0.05, 0.1) is 5.75 Å². The van der Waals surface area contributed by atoms with Gasteiger partial charge >= 0.3 is 0 Å². The number of sulfone groups is 1. The Hall–Kier alpha value is -1.40. The van der Waals surface area contributed by atoms with Crippen LogP contribution in [0.1, 0.15) is 36.0 Å². The highest BCUT2D eigenvalue weighted by Gasteiger charge is 2.29. The van der Waals surface area contributed by atoms with Crippen LogP contribution in [-0.4, -0.2) is 28.9 Å². The smallest absolute Gasteiger partial charge is 0.157 e. The second kappa shape index (κ2) is 6.01. The van der Waals surface area contributed by atoms with Crippen molar-refractivity contribution in [3.63, 3.8) is 0 Å². The molecule has 0 bridgehead atoms. The zero-order chi connectivity index (χ0) is 15.7. The van der Waals surface area contributed by atoms with Crippen molar-refractivity contribution in [1.29, 1.82) is 0 Å². The maximum absolute atomic E-state index is 12.3. The maximum atomic E-state index is 12.3. The van der Waals surface area contributed by atoms with Gasteiger partial charge in [0.2, 0.25) is 0 Å². The molecule has 1 aromatic carbocycles. The first-order valence-corrected chi connectivity index (χ1v) is 9.48. The van der Waals surface area contributed by atoms with Crippen LogP contribution in [-0.2, 0) is 29.1 Å². The standard InChI is InChI=1S/C15H18ClN3O2S/c1-19-14(17-15(18-19)12-6-7-12)10-22(20,21)9-8-11-4-2-3-5-13(11)16/h2-5,12H,6-10H2,1H3. The summed E-state index contributed by atoms with van der Waals surface area (Å²) in [6, 6.07) is 7.32. The lowest BCUT2D eigenvalue weighted by Gasteiger charge is -2.05. The first-order chi connectivity index (χ1) is 10.4. The Morgan fingerprint density at radius 1 is 1.32 bits per heavy atom. The summed E-state index contributed by atoms with van der Waals surface area (Å²) in [6.07, 6.45) is 2.61. The normalized spacial score (nSPS) is 15.2. The second-order valence-electron chi connectivity index (χ2n) is 5.72. The van der Waals surface area contributed by atoms with Gasteiger partial charge in [0.15, 0.2) is 15.7 Å². The molecule has 0 aliphatic heterocycles. The fourth-order valence-corrected chi connectivity index (χ4v) is 3.86.